The Morgan fingerprint density at radius 1 is 1.14 bits per heavy atom. The molecule has 3 heterocycles. The van der Waals surface area contributed by atoms with Gasteiger partial charge in [0.15, 0.2) is 0 Å². The third-order valence-electron chi connectivity index (χ3n) is 4.89. The summed E-state index contributed by atoms with van der Waals surface area (Å²) in [6.07, 6.45) is 0.687. The van der Waals surface area contributed by atoms with Gasteiger partial charge in [-0.15, -0.1) is 11.3 Å². The first-order valence-corrected chi connectivity index (χ1v) is 9.91. The van der Waals surface area contributed by atoms with Crippen molar-refractivity contribution in [2.75, 3.05) is 31.0 Å². The highest BCUT2D eigenvalue weighted by Gasteiger charge is 2.34. The van der Waals surface area contributed by atoms with Crippen LogP contribution in [0, 0.1) is 13.8 Å². The maximum Gasteiger partial charge on any atom is 0.249 e. The molecule has 3 aromatic rings. The van der Waals surface area contributed by atoms with E-state index in [0.717, 1.165) is 27.3 Å². The van der Waals surface area contributed by atoms with Crippen molar-refractivity contribution >= 4 is 39.0 Å². The molecule has 1 N–H and O–H groups in total. The van der Waals surface area contributed by atoms with Crippen LogP contribution >= 0.6 is 11.3 Å². The molecule has 1 saturated heterocycles. The molecule has 1 atom stereocenters. The van der Waals surface area contributed by atoms with Gasteiger partial charge in [0.2, 0.25) is 5.91 Å². The van der Waals surface area contributed by atoms with Crippen molar-refractivity contribution in [3.8, 4) is 11.5 Å². The molecule has 8 heteroatoms. The smallest absolute Gasteiger partial charge is 0.249 e. The lowest BCUT2D eigenvalue weighted by Crippen LogP contribution is -2.33. The fourth-order valence-corrected chi connectivity index (χ4v) is 4.45. The lowest BCUT2D eigenvalue weighted by Gasteiger charge is -2.19. The normalized spacial score (nSPS) is 16.6. The van der Waals surface area contributed by atoms with Crippen molar-refractivity contribution in [2.45, 2.75) is 26.3 Å². The van der Waals surface area contributed by atoms with Crippen molar-refractivity contribution in [3.63, 3.8) is 0 Å². The monoisotopic (exact) mass is 398 g/mol. The summed E-state index contributed by atoms with van der Waals surface area (Å²) in [5.74, 6) is 2.73. The van der Waals surface area contributed by atoms with E-state index < -0.39 is 0 Å². The van der Waals surface area contributed by atoms with E-state index in [2.05, 4.69) is 20.7 Å². The number of aryl methyl sites for hydroxylation is 2. The number of nitrogens with one attached hydrogen (secondary N) is 1. The molecule has 0 bridgehead atoms. The first-order chi connectivity index (χ1) is 13.5. The first kappa shape index (κ1) is 18.5. The Kier molecular flexibility index (Phi) is 4.80. The number of benzene rings is 1. The summed E-state index contributed by atoms with van der Waals surface area (Å²) in [6.45, 7) is 4.52. The minimum absolute atomic E-state index is 0.00704. The number of amides is 1. The quantitative estimate of drug-likeness (QED) is 0.708. The van der Waals surface area contributed by atoms with E-state index in [-0.39, 0.29) is 11.9 Å². The van der Waals surface area contributed by atoms with E-state index in [9.17, 15) is 4.79 Å². The van der Waals surface area contributed by atoms with Crippen LogP contribution in [0.4, 0.5) is 11.5 Å². The molecule has 1 aliphatic rings. The molecule has 2 aromatic heterocycles. The van der Waals surface area contributed by atoms with E-state index in [4.69, 9.17) is 9.47 Å². The highest BCUT2D eigenvalue weighted by molar-refractivity contribution is 7.17. The topological polar surface area (TPSA) is 76.6 Å². The molecule has 1 amide bonds. The van der Waals surface area contributed by atoms with Crippen molar-refractivity contribution in [1.29, 1.82) is 0 Å². The summed E-state index contributed by atoms with van der Waals surface area (Å²) in [6, 6.07) is 5.14. The van der Waals surface area contributed by atoms with Crippen LogP contribution < -0.4 is 19.7 Å². The number of ether oxygens (including phenoxy) is 2. The van der Waals surface area contributed by atoms with Gasteiger partial charge in [0.1, 0.15) is 34.0 Å². The number of thiophene rings is 1. The number of methoxy groups -OCH3 is 2. The Hall–Kier alpha value is -2.87. The zero-order valence-electron chi connectivity index (χ0n) is 16.3. The van der Waals surface area contributed by atoms with Gasteiger partial charge in [-0.1, -0.05) is 0 Å². The molecule has 1 aliphatic heterocycles. The largest absolute Gasteiger partial charge is 0.497 e. The molecule has 146 valence electrons. The third-order valence-corrected chi connectivity index (χ3v) is 5.88. The molecule has 28 heavy (non-hydrogen) atoms. The Balaban J connectivity index is 1.62. The Bertz CT molecular complexity index is 1030. The highest BCUT2D eigenvalue weighted by atomic mass is 32.1. The molecular formula is C20H22N4O3S. The van der Waals surface area contributed by atoms with Gasteiger partial charge in [-0.05, 0) is 31.2 Å². The summed E-state index contributed by atoms with van der Waals surface area (Å²) in [4.78, 5) is 24.8. The van der Waals surface area contributed by atoms with E-state index in [1.54, 1.807) is 36.5 Å². The van der Waals surface area contributed by atoms with E-state index in [1.165, 1.54) is 0 Å². The Morgan fingerprint density at radius 3 is 2.54 bits per heavy atom. The molecule has 1 unspecified atom stereocenters. The Labute approximate surface area is 167 Å². The molecule has 1 aromatic carbocycles. The average Bonchev–Trinajstić information content (AvgIpc) is 3.24. The highest BCUT2D eigenvalue weighted by Crippen LogP contribution is 2.33. The van der Waals surface area contributed by atoms with E-state index in [0.29, 0.717) is 30.3 Å². The SMILES string of the molecule is COc1cc(OC)cc(N2CCC(Nc3nc(C)nc4scc(C)c34)C2=O)c1. The van der Waals surface area contributed by atoms with Crippen LogP contribution in [0.15, 0.2) is 23.6 Å². The summed E-state index contributed by atoms with van der Waals surface area (Å²) in [7, 11) is 3.20. The molecule has 0 spiro atoms. The second kappa shape index (κ2) is 7.27. The average molecular weight is 398 g/mol. The first-order valence-electron chi connectivity index (χ1n) is 9.03. The van der Waals surface area contributed by atoms with Gasteiger partial charge >= 0.3 is 0 Å². The van der Waals surface area contributed by atoms with Gasteiger partial charge in [-0.25, -0.2) is 9.97 Å². The van der Waals surface area contributed by atoms with Gasteiger partial charge in [-0.3, -0.25) is 4.79 Å². The van der Waals surface area contributed by atoms with Crippen LogP contribution in [0.25, 0.3) is 10.2 Å². The molecule has 0 radical (unpaired) electrons. The predicted molar refractivity (Wildman–Crippen MR) is 111 cm³/mol. The Morgan fingerprint density at radius 2 is 1.86 bits per heavy atom. The standard InChI is InChI=1S/C20H22N4O3S/c1-11-10-28-19-17(11)18(21-12(2)22-19)23-16-5-6-24(20(16)25)13-7-14(26-3)9-15(8-13)27-4/h7-10,16H,5-6H2,1-4H3,(H,21,22,23). The van der Waals surface area contributed by atoms with E-state index in [1.807, 2.05) is 26.0 Å². The summed E-state index contributed by atoms with van der Waals surface area (Å²) < 4.78 is 10.7. The van der Waals surface area contributed by atoms with Crippen LogP contribution in [0.3, 0.4) is 0 Å². The molecular weight excluding hydrogens is 376 g/mol. The number of aromatic nitrogens is 2. The molecule has 0 saturated carbocycles. The summed E-state index contributed by atoms with van der Waals surface area (Å²) >= 11 is 1.59. The number of carbonyl (C=O) groups is 1. The fourth-order valence-electron chi connectivity index (χ4n) is 3.48. The van der Waals surface area contributed by atoms with E-state index >= 15 is 0 Å². The summed E-state index contributed by atoms with van der Waals surface area (Å²) in [5.41, 5.74) is 1.88. The number of carbonyl (C=O) groups excluding carboxylic acids is 1. The second-order valence-electron chi connectivity index (χ2n) is 6.76. The van der Waals surface area contributed by atoms with Crippen LogP contribution in [-0.2, 0) is 4.79 Å². The maximum atomic E-state index is 13.1. The minimum Gasteiger partial charge on any atom is -0.497 e. The van der Waals surface area contributed by atoms with Crippen LogP contribution in [0.2, 0.25) is 0 Å². The van der Waals surface area contributed by atoms with Crippen LogP contribution in [-0.4, -0.2) is 42.7 Å². The molecule has 7 nitrogen and oxygen atoms in total. The number of nitrogens with zero attached hydrogens (tertiary/aromatic N) is 3. The lowest BCUT2D eigenvalue weighted by molar-refractivity contribution is -0.117. The number of rotatable bonds is 5. The fraction of sp³-hybridized carbons (Fsp3) is 0.350. The number of hydrogen-bond acceptors (Lipinski definition) is 7. The number of anilines is 2. The minimum atomic E-state index is -0.339. The van der Waals surface area contributed by atoms with Crippen molar-refractivity contribution < 1.29 is 14.3 Å². The summed E-state index contributed by atoms with van der Waals surface area (Å²) in [5, 5.41) is 6.42. The molecule has 4 rings (SSSR count). The second-order valence-corrected chi connectivity index (χ2v) is 7.62. The zero-order valence-corrected chi connectivity index (χ0v) is 17.1. The zero-order chi connectivity index (χ0) is 19.8. The number of fused-ring (bicyclic) bond motifs is 1. The number of hydrogen-bond donors (Lipinski definition) is 1. The third kappa shape index (κ3) is 3.24. The van der Waals surface area contributed by atoms with Gasteiger partial charge in [0.05, 0.1) is 25.3 Å². The van der Waals surface area contributed by atoms with Crippen molar-refractivity contribution in [1.82, 2.24) is 9.97 Å². The predicted octanol–water partition coefficient (Wildman–Crippen LogP) is 3.54. The van der Waals surface area contributed by atoms with Crippen LogP contribution in [0.1, 0.15) is 17.8 Å². The molecule has 0 aliphatic carbocycles. The molecule has 1 fully saturated rings. The van der Waals surface area contributed by atoms with Gasteiger partial charge in [0.25, 0.3) is 0 Å². The van der Waals surface area contributed by atoms with Crippen molar-refractivity contribution in [3.05, 3.63) is 35.0 Å². The van der Waals surface area contributed by atoms with Crippen LogP contribution in [0.5, 0.6) is 11.5 Å². The lowest BCUT2D eigenvalue weighted by atomic mass is 10.2. The van der Waals surface area contributed by atoms with Crippen molar-refractivity contribution in [2.24, 2.45) is 0 Å². The maximum absolute atomic E-state index is 13.1. The van der Waals surface area contributed by atoms with Gasteiger partial charge in [-0.2, -0.15) is 0 Å². The van der Waals surface area contributed by atoms with Gasteiger partial charge < -0.3 is 19.7 Å². The van der Waals surface area contributed by atoms with Gasteiger partial charge in [0, 0.05) is 24.7 Å².